The molecule has 3 rings (SSSR count). The third-order valence-electron chi connectivity index (χ3n) is 5.80. The lowest BCUT2D eigenvalue weighted by molar-refractivity contribution is -0.156. The fraction of sp³-hybridized carbons (Fsp3) is 0.458. The Balaban J connectivity index is 0.000000641. The monoisotopic (exact) mass is 534 g/mol. The second kappa shape index (κ2) is 12.6. The van der Waals surface area contributed by atoms with Crippen LogP contribution in [0.5, 0.6) is 0 Å². The average Bonchev–Trinajstić information content (AvgIpc) is 3.26. The number of aromatic carboxylic acids is 1. The molecule has 0 saturated carbocycles. The van der Waals surface area contributed by atoms with Crippen LogP contribution in [0.15, 0.2) is 35.1 Å². The Hall–Kier alpha value is -2.36. The van der Waals surface area contributed by atoms with Gasteiger partial charge in [-0.15, -0.1) is 0 Å². The molecule has 1 atom stereocenters. The van der Waals surface area contributed by atoms with Crippen LogP contribution in [0.3, 0.4) is 0 Å². The maximum absolute atomic E-state index is 12.8. The summed E-state index contributed by atoms with van der Waals surface area (Å²) in [6.07, 6.45) is -2.82. The summed E-state index contributed by atoms with van der Waals surface area (Å²) in [5.74, 6) is -0.418. The highest BCUT2D eigenvalue weighted by atomic mass is 35.5. The minimum absolute atomic E-state index is 0.113. The highest BCUT2D eigenvalue weighted by Crippen LogP contribution is 2.28. The van der Waals surface area contributed by atoms with Crippen molar-refractivity contribution in [3.63, 3.8) is 0 Å². The van der Waals surface area contributed by atoms with E-state index in [9.17, 15) is 22.8 Å². The molecule has 192 valence electrons. The van der Waals surface area contributed by atoms with Crippen molar-refractivity contribution < 1.29 is 27.9 Å². The summed E-state index contributed by atoms with van der Waals surface area (Å²) >= 11 is 12.6. The van der Waals surface area contributed by atoms with Gasteiger partial charge in [0.15, 0.2) is 0 Å². The highest BCUT2D eigenvalue weighted by molar-refractivity contribution is 6.34. The third-order valence-corrected chi connectivity index (χ3v) is 6.40. The average molecular weight is 535 g/mol. The van der Waals surface area contributed by atoms with E-state index < -0.39 is 18.4 Å². The molecule has 2 aromatic rings. The van der Waals surface area contributed by atoms with E-state index in [2.05, 4.69) is 18.7 Å². The fourth-order valence-corrected chi connectivity index (χ4v) is 4.62. The standard InChI is InChI=1S/C22H26Cl2N2O3.C2HF3O/c1-14(2)19-4-3-10-25(19)13-20-17(23)12-18(24)21(27)26(20)11-9-15-5-7-16(8-6-15)22(28)29;3-2(4,5)1-6/h5-8,12,14,19H,3-4,9-11,13H2,1-2H3,(H,28,29);1H. The maximum atomic E-state index is 12.8. The largest absolute Gasteiger partial charge is 0.478 e. The summed E-state index contributed by atoms with van der Waals surface area (Å²) in [4.78, 5) is 34.9. The first-order chi connectivity index (χ1) is 16.3. The van der Waals surface area contributed by atoms with Crippen molar-refractivity contribution in [2.45, 2.75) is 58.4 Å². The Morgan fingerprint density at radius 2 is 1.80 bits per heavy atom. The minimum atomic E-state index is -4.64. The van der Waals surface area contributed by atoms with Crippen molar-refractivity contribution in [1.82, 2.24) is 9.47 Å². The lowest BCUT2D eigenvalue weighted by atomic mass is 10.0. The predicted octanol–water partition coefficient (Wildman–Crippen LogP) is 5.46. The van der Waals surface area contributed by atoms with Gasteiger partial charge < -0.3 is 9.67 Å². The van der Waals surface area contributed by atoms with Gasteiger partial charge >= 0.3 is 12.1 Å². The summed E-state index contributed by atoms with van der Waals surface area (Å²) in [5, 5.41) is 9.65. The van der Waals surface area contributed by atoms with Gasteiger partial charge in [-0.3, -0.25) is 14.5 Å². The van der Waals surface area contributed by atoms with Crippen molar-refractivity contribution in [3.8, 4) is 0 Å². The van der Waals surface area contributed by atoms with Gasteiger partial charge in [-0.05, 0) is 55.5 Å². The first-order valence-electron chi connectivity index (χ1n) is 11.0. The molecule has 35 heavy (non-hydrogen) atoms. The summed E-state index contributed by atoms with van der Waals surface area (Å²) in [7, 11) is 0. The number of nitrogens with zero attached hydrogens (tertiary/aromatic N) is 2. The van der Waals surface area contributed by atoms with Gasteiger partial charge in [-0.2, -0.15) is 13.2 Å². The Morgan fingerprint density at radius 1 is 1.20 bits per heavy atom. The van der Waals surface area contributed by atoms with E-state index >= 15 is 0 Å². The lowest BCUT2D eigenvalue weighted by Crippen LogP contribution is -2.36. The number of aldehydes is 1. The van der Waals surface area contributed by atoms with Crippen LogP contribution in [0.1, 0.15) is 48.3 Å². The Morgan fingerprint density at radius 3 is 2.31 bits per heavy atom. The number of hydrogen-bond donors (Lipinski definition) is 1. The van der Waals surface area contributed by atoms with Gasteiger partial charge in [0.25, 0.3) is 5.56 Å². The van der Waals surface area contributed by atoms with Gasteiger partial charge in [0.2, 0.25) is 6.29 Å². The summed E-state index contributed by atoms with van der Waals surface area (Å²) < 4.78 is 32.9. The summed E-state index contributed by atoms with van der Waals surface area (Å²) in [5.41, 5.74) is 1.74. The summed E-state index contributed by atoms with van der Waals surface area (Å²) in [6.45, 7) is 6.49. The third kappa shape index (κ3) is 8.37. The number of pyridine rings is 1. The van der Waals surface area contributed by atoms with Gasteiger partial charge in [-0.1, -0.05) is 49.2 Å². The number of benzene rings is 1. The molecular weight excluding hydrogens is 508 g/mol. The van der Waals surface area contributed by atoms with Gasteiger partial charge in [-0.25, -0.2) is 4.79 Å². The number of carbonyl (C=O) groups excluding carboxylic acids is 1. The second-order valence-corrected chi connectivity index (χ2v) is 9.39. The molecule has 1 aliphatic rings. The number of aryl methyl sites for hydroxylation is 1. The zero-order chi connectivity index (χ0) is 26.3. The SMILES string of the molecule is CC(C)C1CCCN1Cc1c(Cl)cc(Cl)c(=O)n1CCc1ccc(C(=O)O)cc1.O=CC(F)(F)F. The molecule has 1 saturated heterocycles. The maximum Gasteiger partial charge on any atom is 0.446 e. The highest BCUT2D eigenvalue weighted by Gasteiger charge is 2.28. The second-order valence-electron chi connectivity index (χ2n) is 8.58. The molecule has 1 aromatic heterocycles. The van der Waals surface area contributed by atoms with Crippen LogP contribution >= 0.6 is 23.2 Å². The number of halogens is 5. The number of rotatable bonds is 7. The van der Waals surface area contributed by atoms with Crippen LogP contribution < -0.4 is 5.56 Å². The Bertz CT molecular complexity index is 1090. The Labute approximate surface area is 211 Å². The van der Waals surface area contributed by atoms with Crippen molar-refractivity contribution in [3.05, 3.63) is 67.6 Å². The number of aromatic nitrogens is 1. The van der Waals surface area contributed by atoms with Crippen LogP contribution in [0.25, 0.3) is 0 Å². The molecule has 2 heterocycles. The summed E-state index contributed by atoms with van der Waals surface area (Å²) in [6, 6.07) is 8.71. The van der Waals surface area contributed by atoms with Crippen molar-refractivity contribution in [2.75, 3.05) is 6.54 Å². The first kappa shape index (κ1) is 28.9. The van der Waals surface area contributed by atoms with E-state index in [1.807, 2.05) is 0 Å². The molecule has 1 aromatic carbocycles. The molecule has 1 N–H and O–H groups in total. The minimum Gasteiger partial charge on any atom is -0.478 e. The topological polar surface area (TPSA) is 79.6 Å². The van der Waals surface area contributed by atoms with Crippen molar-refractivity contribution in [2.24, 2.45) is 5.92 Å². The molecule has 0 bridgehead atoms. The van der Waals surface area contributed by atoms with Gasteiger partial charge in [0, 0.05) is 19.1 Å². The van der Waals surface area contributed by atoms with E-state index in [-0.39, 0.29) is 16.1 Å². The van der Waals surface area contributed by atoms with E-state index in [0.29, 0.717) is 36.5 Å². The van der Waals surface area contributed by atoms with Crippen molar-refractivity contribution in [1.29, 1.82) is 0 Å². The van der Waals surface area contributed by atoms with Crippen LogP contribution in [0.2, 0.25) is 10.0 Å². The fourth-order valence-electron chi connectivity index (χ4n) is 4.08. The number of hydrogen-bond acceptors (Lipinski definition) is 4. The van der Waals surface area contributed by atoms with Gasteiger partial charge in [0.1, 0.15) is 5.02 Å². The van der Waals surface area contributed by atoms with E-state index in [4.69, 9.17) is 33.1 Å². The Kier molecular flexibility index (Phi) is 10.4. The molecule has 0 radical (unpaired) electrons. The molecule has 0 aliphatic carbocycles. The number of carboxylic acid groups (broad SMARTS) is 1. The molecular formula is C24H27Cl2F3N2O4. The zero-order valence-electron chi connectivity index (χ0n) is 19.3. The number of likely N-dealkylation sites (tertiary alicyclic amines) is 1. The van der Waals surface area contributed by atoms with E-state index in [0.717, 1.165) is 30.6 Å². The van der Waals surface area contributed by atoms with Crippen LogP contribution in [-0.2, 0) is 24.3 Å². The van der Waals surface area contributed by atoms with Crippen LogP contribution in [-0.4, -0.2) is 45.6 Å². The normalized spacial score (nSPS) is 16.2. The van der Waals surface area contributed by atoms with Gasteiger partial charge in [0.05, 0.1) is 16.3 Å². The molecule has 1 unspecified atom stereocenters. The molecule has 1 fully saturated rings. The molecule has 11 heteroatoms. The number of carbonyl (C=O) groups is 2. The number of carboxylic acids is 1. The van der Waals surface area contributed by atoms with Crippen LogP contribution in [0, 0.1) is 5.92 Å². The van der Waals surface area contributed by atoms with E-state index in [1.54, 1.807) is 34.9 Å². The molecule has 0 amide bonds. The van der Waals surface area contributed by atoms with Crippen LogP contribution in [0.4, 0.5) is 13.2 Å². The van der Waals surface area contributed by atoms with E-state index in [1.165, 1.54) is 0 Å². The quantitative estimate of drug-likeness (QED) is 0.477. The molecule has 1 aliphatic heterocycles. The predicted molar refractivity (Wildman–Crippen MR) is 128 cm³/mol. The first-order valence-corrected chi connectivity index (χ1v) is 11.8. The molecule has 0 spiro atoms. The number of alkyl halides is 3. The van der Waals surface area contributed by atoms with Crippen molar-refractivity contribution >= 4 is 35.5 Å². The smallest absolute Gasteiger partial charge is 0.446 e. The molecule has 6 nitrogen and oxygen atoms in total. The zero-order valence-corrected chi connectivity index (χ0v) is 20.8. The lowest BCUT2D eigenvalue weighted by Gasteiger charge is -2.29.